The van der Waals surface area contributed by atoms with Crippen molar-refractivity contribution in [1.29, 1.82) is 0 Å². The minimum absolute atomic E-state index is 0.0341. The number of phosphoric acid groups is 3. The van der Waals surface area contributed by atoms with Crippen LogP contribution in [0.2, 0.25) is 0 Å². The highest BCUT2D eigenvalue weighted by Crippen LogP contribution is 2.61. The zero-order valence-electron chi connectivity index (χ0n) is 39.1. The van der Waals surface area contributed by atoms with Crippen LogP contribution in [-0.2, 0) is 50.7 Å². The van der Waals surface area contributed by atoms with Crippen LogP contribution in [0.15, 0.2) is 12.7 Å². The number of aliphatic hydroxyl groups is 2. The van der Waals surface area contributed by atoms with Crippen LogP contribution in [0.25, 0.3) is 11.2 Å². The number of ether oxygens (including phenoxy) is 1. The van der Waals surface area contributed by atoms with Gasteiger partial charge in [-0.15, -0.1) is 0 Å². The van der Waals surface area contributed by atoms with Crippen molar-refractivity contribution >= 4 is 69.1 Å². The van der Waals surface area contributed by atoms with Gasteiger partial charge in [0.05, 0.1) is 19.5 Å². The van der Waals surface area contributed by atoms with Crippen LogP contribution in [-0.4, -0.2) is 123 Å². The van der Waals surface area contributed by atoms with Gasteiger partial charge in [-0.2, -0.15) is 4.31 Å². The van der Waals surface area contributed by atoms with Crippen LogP contribution in [0.1, 0.15) is 143 Å². The summed E-state index contributed by atoms with van der Waals surface area (Å²) in [5.74, 6) is -1.02. The summed E-state index contributed by atoms with van der Waals surface area (Å²) >= 11 is 1.16. The van der Waals surface area contributed by atoms with E-state index in [1.165, 1.54) is 97.3 Å². The van der Waals surface area contributed by atoms with E-state index in [0.29, 0.717) is 12.2 Å². The number of aliphatic hydroxyl groups excluding tert-OH is 2. The molecule has 0 aromatic carbocycles. The molecule has 28 heteroatoms. The number of carbonyl (C=O) groups is 3. The molecule has 0 bridgehead atoms. The lowest BCUT2D eigenvalue weighted by molar-refractivity contribution is -0.137. The molecule has 0 aliphatic carbocycles. The van der Waals surface area contributed by atoms with Gasteiger partial charge in [-0.3, -0.25) is 32.5 Å². The number of aromatic nitrogens is 4. The number of hydrogen-bond acceptors (Lipinski definition) is 18. The predicted molar refractivity (Wildman–Crippen MR) is 251 cm³/mol. The summed E-state index contributed by atoms with van der Waals surface area (Å²) in [6.07, 6.45) is 13.8. The Morgan fingerprint density at radius 2 is 1.41 bits per heavy atom. The molecule has 2 aromatic heterocycles. The van der Waals surface area contributed by atoms with Crippen LogP contribution in [0.5, 0.6) is 0 Å². The van der Waals surface area contributed by atoms with Gasteiger partial charge in [0.15, 0.2) is 22.8 Å². The van der Waals surface area contributed by atoms with Crippen molar-refractivity contribution < 1.29 is 80.5 Å². The lowest BCUT2D eigenvalue weighted by Gasteiger charge is -2.30. The standard InChI is InChI=1S/C40H72N7O17P3S/c1-4-5-6-7-8-9-10-11-12-13-14-15-16-17-18-19-20-31(49)68-24-23-42-30(48)21-22-43-38(52)35(51)40(2,3)26-61-67(58,59)64-66(56,57)60-25-29-34(63-65(53,54)55)33(50)39(62-29)47-28-46-32-36(41)44-27-45-37(32)47/h27-29,33-35,39,50-51H,4-26H2,1-3H3,(H,42,48)(H,43,52)(H,56,57)(H,58,59)(H2,41,44,45)(H2,53,54,55)/t29-,33?,34+,35+,39-/m1/s1. The largest absolute Gasteiger partial charge is 0.481 e. The molecular formula is C40H72N7O17P3S. The van der Waals surface area contributed by atoms with E-state index in [9.17, 15) is 57.9 Å². The quantitative estimate of drug-likeness (QED) is 0.0308. The molecule has 1 aliphatic heterocycles. The Kier molecular flexibility index (Phi) is 26.2. The van der Waals surface area contributed by atoms with Gasteiger partial charge in [0, 0.05) is 37.1 Å². The molecule has 1 saturated heterocycles. The third-order valence-electron chi connectivity index (χ3n) is 11.0. The average molecular weight is 1050 g/mol. The number of phosphoric ester groups is 3. The SMILES string of the molecule is CCCCCCCCCCCCCCCCCCC(=O)SCCNC(=O)CCNC(=O)[C@H](O)C(C)(C)COP(=O)(O)OP(=O)(O)OC[C@H]1O[C@@H](n2cnc3c(N)ncnc32)C(O)[C@H]1OP(=O)(O)O. The first kappa shape index (κ1) is 59.9. The Hall–Kier alpha value is -2.44. The van der Waals surface area contributed by atoms with Gasteiger partial charge in [0.1, 0.15) is 36.3 Å². The number of anilines is 1. The van der Waals surface area contributed by atoms with Gasteiger partial charge in [-0.05, 0) is 6.42 Å². The zero-order valence-corrected chi connectivity index (χ0v) is 42.6. The first-order valence-electron chi connectivity index (χ1n) is 23.1. The Balaban J connectivity index is 1.28. The van der Waals surface area contributed by atoms with E-state index in [1.807, 2.05) is 0 Å². The van der Waals surface area contributed by atoms with Crippen LogP contribution in [0.4, 0.5) is 5.82 Å². The number of fused-ring (bicyclic) bond motifs is 1. The number of nitrogens with one attached hydrogen (secondary N) is 2. The highest BCUT2D eigenvalue weighted by atomic mass is 32.2. The summed E-state index contributed by atoms with van der Waals surface area (Å²) in [7, 11) is -16.4. The minimum Gasteiger partial charge on any atom is -0.386 e. The fourth-order valence-corrected chi connectivity index (χ4v) is 10.7. The van der Waals surface area contributed by atoms with Crippen molar-refractivity contribution in [3.63, 3.8) is 0 Å². The van der Waals surface area contributed by atoms with Gasteiger partial charge < -0.3 is 50.9 Å². The van der Waals surface area contributed by atoms with E-state index in [-0.39, 0.29) is 41.6 Å². The van der Waals surface area contributed by atoms with E-state index in [2.05, 4.69) is 41.3 Å². The van der Waals surface area contributed by atoms with Crippen molar-refractivity contribution in [2.75, 3.05) is 37.8 Å². The lowest BCUT2D eigenvalue weighted by atomic mass is 9.87. The van der Waals surface area contributed by atoms with Crippen molar-refractivity contribution in [3.05, 3.63) is 12.7 Å². The molecule has 2 amide bonds. The molecule has 10 N–H and O–H groups in total. The molecule has 3 heterocycles. The number of amides is 2. The average Bonchev–Trinajstić information content (AvgIpc) is 3.83. The summed E-state index contributed by atoms with van der Waals surface area (Å²) in [5.41, 5.74) is 4.29. The van der Waals surface area contributed by atoms with Gasteiger partial charge >= 0.3 is 23.5 Å². The summed E-state index contributed by atoms with van der Waals surface area (Å²) in [6.45, 7) is 2.83. The first-order chi connectivity index (χ1) is 32.1. The third kappa shape index (κ3) is 22.3. The molecule has 68 heavy (non-hydrogen) atoms. The van der Waals surface area contributed by atoms with Crippen LogP contribution in [0, 0.1) is 5.41 Å². The molecule has 2 aromatic rings. The number of rotatable bonds is 36. The maximum Gasteiger partial charge on any atom is 0.481 e. The number of thioether (sulfide) groups is 1. The number of carbonyl (C=O) groups excluding carboxylic acids is 3. The van der Waals surface area contributed by atoms with Crippen LogP contribution >= 0.6 is 35.2 Å². The van der Waals surface area contributed by atoms with Crippen LogP contribution in [0.3, 0.4) is 0 Å². The maximum atomic E-state index is 12.7. The molecule has 3 rings (SSSR count). The highest BCUT2D eigenvalue weighted by Gasteiger charge is 2.50. The normalized spacial score (nSPS) is 20.0. The van der Waals surface area contributed by atoms with E-state index in [0.717, 1.165) is 48.2 Å². The summed E-state index contributed by atoms with van der Waals surface area (Å²) < 4.78 is 62.5. The molecule has 0 spiro atoms. The van der Waals surface area contributed by atoms with Crippen molar-refractivity contribution in [2.24, 2.45) is 5.41 Å². The van der Waals surface area contributed by atoms with Crippen molar-refractivity contribution in [3.8, 4) is 0 Å². The second kappa shape index (κ2) is 29.8. The topological polar surface area (TPSA) is 364 Å². The molecule has 1 aliphatic rings. The number of unbranched alkanes of at least 4 members (excludes halogenated alkanes) is 15. The predicted octanol–water partition coefficient (Wildman–Crippen LogP) is 5.32. The van der Waals surface area contributed by atoms with Crippen molar-refractivity contribution in [1.82, 2.24) is 30.2 Å². The number of hydrogen-bond donors (Lipinski definition) is 9. The van der Waals surface area contributed by atoms with Crippen molar-refractivity contribution in [2.45, 2.75) is 167 Å². The minimum atomic E-state index is -5.57. The molecular weight excluding hydrogens is 975 g/mol. The number of nitrogens with zero attached hydrogens (tertiary/aromatic N) is 4. The van der Waals surface area contributed by atoms with E-state index >= 15 is 0 Å². The molecule has 3 unspecified atom stereocenters. The molecule has 7 atom stereocenters. The Bertz CT molecular complexity index is 2010. The molecule has 0 radical (unpaired) electrons. The van der Waals surface area contributed by atoms with E-state index in [4.69, 9.17) is 19.5 Å². The number of nitrogen functional groups attached to an aromatic ring is 1. The Labute approximate surface area is 401 Å². The number of imidazole rings is 1. The fourth-order valence-electron chi connectivity index (χ4n) is 7.18. The van der Waals surface area contributed by atoms with Gasteiger partial charge in [-0.25, -0.2) is 28.6 Å². The Morgan fingerprint density at radius 1 is 0.838 bits per heavy atom. The molecule has 24 nitrogen and oxygen atoms in total. The van der Waals surface area contributed by atoms with E-state index in [1.54, 1.807) is 0 Å². The monoisotopic (exact) mass is 1050 g/mol. The molecule has 390 valence electrons. The van der Waals surface area contributed by atoms with Gasteiger partial charge in [-0.1, -0.05) is 129 Å². The molecule has 1 fully saturated rings. The maximum absolute atomic E-state index is 12.7. The highest BCUT2D eigenvalue weighted by molar-refractivity contribution is 8.13. The summed E-state index contributed by atoms with van der Waals surface area (Å²) in [4.78, 5) is 88.4. The number of nitrogens with two attached hydrogens (primary N) is 1. The zero-order chi connectivity index (χ0) is 50.4. The van der Waals surface area contributed by atoms with Crippen LogP contribution < -0.4 is 16.4 Å². The van der Waals surface area contributed by atoms with E-state index < -0.39 is 84.6 Å². The fraction of sp³-hybridized carbons (Fsp3) is 0.800. The first-order valence-corrected chi connectivity index (χ1v) is 28.6. The smallest absolute Gasteiger partial charge is 0.386 e. The molecule has 0 saturated carbocycles. The second-order valence-corrected chi connectivity index (χ2v) is 22.7. The summed E-state index contributed by atoms with van der Waals surface area (Å²) in [5, 5.41) is 26.7. The van der Waals surface area contributed by atoms with Gasteiger partial charge in [0.2, 0.25) is 11.8 Å². The second-order valence-electron chi connectivity index (χ2n) is 17.3. The lowest BCUT2D eigenvalue weighted by Crippen LogP contribution is -2.46. The summed E-state index contributed by atoms with van der Waals surface area (Å²) in [6, 6.07) is 0. The third-order valence-corrected chi connectivity index (χ3v) is 15.0. The van der Waals surface area contributed by atoms with Gasteiger partial charge in [0.25, 0.3) is 0 Å². The Morgan fingerprint density at radius 3 is 2.00 bits per heavy atom.